The standard InChI is InChI=1S/C16H18N2O2S/c1-11-6-8-13(9-7-11)18-16(19)10-21(20)15-5-3-4-14(17)12(15)2/h3-9H,10,17H2,1-2H3,(H,18,19). The Hall–Kier alpha value is -2.14. The van der Waals surface area contributed by atoms with E-state index in [1.54, 1.807) is 25.1 Å². The zero-order chi connectivity index (χ0) is 15.4. The van der Waals surface area contributed by atoms with Crippen LogP contribution in [0.1, 0.15) is 11.1 Å². The smallest absolute Gasteiger partial charge is 0.237 e. The molecule has 110 valence electrons. The number of aryl methyl sites for hydroxylation is 1. The highest BCUT2D eigenvalue weighted by atomic mass is 32.2. The number of hydrogen-bond donors (Lipinski definition) is 2. The van der Waals surface area contributed by atoms with E-state index in [4.69, 9.17) is 5.73 Å². The maximum atomic E-state index is 12.3. The first-order valence-electron chi connectivity index (χ1n) is 6.57. The van der Waals surface area contributed by atoms with Crippen molar-refractivity contribution in [2.45, 2.75) is 18.7 Å². The molecule has 5 heteroatoms. The Morgan fingerprint density at radius 2 is 1.81 bits per heavy atom. The van der Waals surface area contributed by atoms with Crippen LogP contribution in [0.15, 0.2) is 47.4 Å². The number of carbonyl (C=O) groups excluding carboxylic acids is 1. The fourth-order valence-corrected chi connectivity index (χ4v) is 3.06. The van der Waals surface area contributed by atoms with E-state index in [1.165, 1.54) is 0 Å². The molecule has 1 unspecified atom stereocenters. The molecule has 0 bridgehead atoms. The first-order chi connectivity index (χ1) is 9.97. The molecule has 0 aliphatic rings. The third-order valence-electron chi connectivity index (χ3n) is 3.17. The predicted octanol–water partition coefficient (Wildman–Crippen LogP) is 2.63. The minimum Gasteiger partial charge on any atom is -0.398 e. The van der Waals surface area contributed by atoms with Gasteiger partial charge in [0.15, 0.2) is 0 Å². The molecule has 0 aliphatic carbocycles. The molecule has 0 saturated carbocycles. The van der Waals surface area contributed by atoms with Crippen LogP contribution in [0.5, 0.6) is 0 Å². The largest absolute Gasteiger partial charge is 0.398 e. The van der Waals surface area contributed by atoms with Crippen molar-refractivity contribution in [1.29, 1.82) is 0 Å². The second-order valence-electron chi connectivity index (χ2n) is 4.87. The van der Waals surface area contributed by atoms with Gasteiger partial charge in [0, 0.05) is 16.3 Å². The Balaban J connectivity index is 2.04. The Labute approximate surface area is 126 Å². The molecule has 0 heterocycles. The molecule has 0 aromatic heterocycles. The normalized spacial score (nSPS) is 11.9. The number of nitrogen functional groups attached to an aromatic ring is 1. The van der Waals surface area contributed by atoms with Crippen molar-refractivity contribution in [2.75, 3.05) is 16.8 Å². The second-order valence-corrected chi connectivity index (χ2v) is 6.29. The van der Waals surface area contributed by atoms with E-state index in [2.05, 4.69) is 5.32 Å². The van der Waals surface area contributed by atoms with Gasteiger partial charge in [-0.1, -0.05) is 23.8 Å². The minimum absolute atomic E-state index is 0.0851. The van der Waals surface area contributed by atoms with Gasteiger partial charge in [-0.25, -0.2) is 0 Å². The summed E-state index contributed by atoms with van der Waals surface area (Å²) in [5, 5.41) is 2.74. The lowest BCUT2D eigenvalue weighted by molar-refractivity contribution is -0.113. The fourth-order valence-electron chi connectivity index (χ4n) is 1.91. The number of amides is 1. The summed E-state index contributed by atoms with van der Waals surface area (Å²) in [7, 11) is -1.41. The van der Waals surface area contributed by atoms with Crippen molar-refractivity contribution >= 4 is 28.1 Å². The number of benzene rings is 2. The second kappa shape index (κ2) is 6.54. The quantitative estimate of drug-likeness (QED) is 0.853. The van der Waals surface area contributed by atoms with Crippen LogP contribution in [-0.2, 0) is 15.6 Å². The Morgan fingerprint density at radius 3 is 2.48 bits per heavy atom. The number of anilines is 2. The molecule has 0 spiro atoms. The van der Waals surface area contributed by atoms with Crippen molar-refractivity contribution in [1.82, 2.24) is 0 Å². The SMILES string of the molecule is Cc1ccc(NC(=O)CS(=O)c2cccc(N)c2C)cc1. The third-order valence-corrected chi connectivity index (χ3v) is 4.63. The van der Waals surface area contributed by atoms with Crippen LogP contribution in [0.2, 0.25) is 0 Å². The van der Waals surface area contributed by atoms with E-state index in [-0.39, 0.29) is 11.7 Å². The van der Waals surface area contributed by atoms with E-state index in [0.717, 1.165) is 11.1 Å². The van der Waals surface area contributed by atoms with E-state index in [1.807, 2.05) is 31.2 Å². The number of carbonyl (C=O) groups is 1. The van der Waals surface area contributed by atoms with Gasteiger partial charge < -0.3 is 11.1 Å². The molecule has 0 aliphatic heterocycles. The summed E-state index contributed by atoms with van der Waals surface area (Å²) < 4.78 is 12.3. The van der Waals surface area contributed by atoms with E-state index in [0.29, 0.717) is 16.3 Å². The number of nitrogens with two attached hydrogens (primary N) is 1. The molecule has 2 aromatic carbocycles. The summed E-state index contributed by atoms with van der Waals surface area (Å²) in [4.78, 5) is 12.5. The summed E-state index contributed by atoms with van der Waals surface area (Å²) in [6.45, 7) is 3.78. The predicted molar refractivity (Wildman–Crippen MR) is 86.7 cm³/mol. The van der Waals surface area contributed by atoms with Crippen LogP contribution in [-0.4, -0.2) is 15.9 Å². The highest BCUT2D eigenvalue weighted by molar-refractivity contribution is 7.85. The molecule has 4 nitrogen and oxygen atoms in total. The fraction of sp³-hybridized carbons (Fsp3) is 0.188. The van der Waals surface area contributed by atoms with Gasteiger partial charge in [0.05, 0.1) is 10.8 Å². The van der Waals surface area contributed by atoms with Crippen LogP contribution >= 0.6 is 0 Å². The van der Waals surface area contributed by atoms with Crippen LogP contribution in [0, 0.1) is 13.8 Å². The first kappa shape index (κ1) is 15.3. The zero-order valence-electron chi connectivity index (χ0n) is 12.1. The number of rotatable bonds is 4. The molecule has 21 heavy (non-hydrogen) atoms. The van der Waals surface area contributed by atoms with Crippen LogP contribution in [0.4, 0.5) is 11.4 Å². The molecule has 0 fully saturated rings. The third kappa shape index (κ3) is 3.92. The topological polar surface area (TPSA) is 72.2 Å². The van der Waals surface area contributed by atoms with Crippen LogP contribution in [0.25, 0.3) is 0 Å². The lowest BCUT2D eigenvalue weighted by Gasteiger charge is -2.09. The summed E-state index contributed by atoms with van der Waals surface area (Å²) >= 11 is 0. The Kier molecular flexibility index (Phi) is 4.75. The van der Waals surface area contributed by atoms with Gasteiger partial charge in [-0.2, -0.15) is 0 Å². The first-order valence-corrected chi connectivity index (χ1v) is 7.89. The van der Waals surface area contributed by atoms with Gasteiger partial charge in [0.1, 0.15) is 5.75 Å². The molecule has 3 N–H and O–H groups in total. The van der Waals surface area contributed by atoms with Crippen LogP contribution in [0.3, 0.4) is 0 Å². The van der Waals surface area contributed by atoms with Gasteiger partial charge in [-0.15, -0.1) is 0 Å². The van der Waals surface area contributed by atoms with E-state index < -0.39 is 10.8 Å². The van der Waals surface area contributed by atoms with Crippen molar-refractivity contribution in [2.24, 2.45) is 0 Å². The lowest BCUT2D eigenvalue weighted by atomic mass is 10.2. The van der Waals surface area contributed by atoms with Crippen molar-refractivity contribution < 1.29 is 9.00 Å². The molecule has 2 rings (SSSR count). The van der Waals surface area contributed by atoms with E-state index >= 15 is 0 Å². The zero-order valence-corrected chi connectivity index (χ0v) is 12.9. The molecule has 1 amide bonds. The monoisotopic (exact) mass is 302 g/mol. The maximum absolute atomic E-state index is 12.3. The highest BCUT2D eigenvalue weighted by Crippen LogP contribution is 2.19. The Bertz CT molecular complexity index is 681. The molecule has 0 saturated heterocycles. The lowest BCUT2D eigenvalue weighted by Crippen LogP contribution is -2.20. The molecular formula is C16H18N2O2S. The van der Waals surface area contributed by atoms with Gasteiger partial charge in [0.25, 0.3) is 0 Å². The summed E-state index contributed by atoms with van der Waals surface area (Å²) in [5.41, 5.74) is 8.96. The summed E-state index contributed by atoms with van der Waals surface area (Å²) in [6.07, 6.45) is 0. The van der Waals surface area contributed by atoms with E-state index in [9.17, 15) is 9.00 Å². The highest BCUT2D eigenvalue weighted by Gasteiger charge is 2.13. The summed E-state index contributed by atoms with van der Waals surface area (Å²) in [5.74, 6) is -0.364. The van der Waals surface area contributed by atoms with Crippen molar-refractivity contribution in [3.05, 3.63) is 53.6 Å². The van der Waals surface area contributed by atoms with Gasteiger partial charge >= 0.3 is 0 Å². The maximum Gasteiger partial charge on any atom is 0.237 e. The average Bonchev–Trinajstić information content (AvgIpc) is 2.44. The molecular weight excluding hydrogens is 284 g/mol. The van der Waals surface area contributed by atoms with Gasteiger partial charge in [-0.3, -0.25) is 9.00 Å². The van der Waals surface area contributed by atoms with Crippen molar-refractivity contribution in [3.63, 3.8) is 0 Å². The van der Waals surface area contributed by atoms with Gasteiger partial charge in [-0.05, 0) is 43.7 Å². The Morgan fingerprint density at radius 1 is 1.14 bits per heavy atom. The molecule has 0 radical (unpaired) electrons. The number of hydrogen-bond acceptors (Lipinski definition) is 3. The number of nitrogens with one attached hydrogen (secondary N) is 1. The summed E-state index contributed by atoms with van der Waals surface area (Å²) in [6, 6.07) is 12.7. The average molecular weight is 302 g/mol. The molecule has 1 atom stereocenters. The van der Waals surface area contributed by atoms with Crippen molar-refractivity contribution in [3.8, 4) is 0 Å². The minimum atomic E-state index is -1.41. The van der Waals surface area contributed by atoms with Crippen LogP contribution < -0.4 is 11.1 Å². The molecule has 2 aromatic rings. The van der Waals surface area contributed by atoms with Gasteiger partial charge in [0.2, 0.25) is 5.91 Å².